The van der Waals surface area contributed by atoms with Crippen LogP contribution in [0.15, 0.2) is 30.3 Å². The van der Waals surface area contributed by atoms with Crippen molar-refractivity contribution in [3.63, 3.8) is 0 Å². The van der Waals surface area contributed by atoms with E-state index in [1.54, 1.807) is 5.01 Å². The lowest BCUT2D eigenvalue weighted by atomic mass is 9.83. The SMILES string of the molecule is O=C(NCC1CCCO1)C1CN(CC2CCCO2)CC2C(=O)N(c3ccccc3)NC12. The van der Waals surface area contributed by atoms with E-state index >= 15 is 0 Å². The van der Waals surface area contributed by atoms with E-state index in [9.17, 15) is 9.59 Å². The van der Waals surface area contributed by atoms with Crippen molar-refractivity contribution in [2.75, 3.05) is 44.4 Å². The van der Waals surface area contributed by atoms with E-state index in [0.717, 1.165) is 51.1 Å². The fraction of sp³-hybridized carbons (Fsp3) is 0.652. The van der Waals surface area contributed by atoms with Gasteiger partial charge in [0.25, 0.3) is 0 Å². The lowest BCUT2D eigenvalue weighted by molar-refractivity contribution is -0.130. The highest BCUT2D eigenvalue weighted by Crippen LogP contribution is 2.32. The third-order valence-corrected chi connectivity index (χ3v) is 6.96. The number of ether oxygens (including phenoxy) is 2. The van der Waals surface area contributed by atoms with E-state index in [0.29, 0.717) is 19.6 Å². The number of para-hydroxylation sites is 1. The molecule has 1 aromatic rings. The number of anilines is 1. The van der Waals surface area contributed by atoms with Gasteiger partial charge < -0.3 is 14.8 Å². The molecule has 8 nitrogen and oxygen atoms in total. The molecule has 5 unspecified atom stereocenters. The standard InChI is InChI=1S/C23H32N4O4/c28-22(24-12-17-8-4-10-30-17)19-14-26(13-18-9-5-11-31-18)15-20-21(19)25-27(23(20)29)16-6-2-1-3-7-16/h1-3,6-7,17-21,25H,4-5,8-15H2,(H,24,28). The molecule has 4 aliphatic heterocycles. The van der Waals surface area contributed by atoms with Gasteiger partial charge in [-0.2, -0.15) is 0 Å². The quantitative estimate of drug-likeness (QED) is 0.702. The van der Waals surface area contributed by atoms with Gasteiger partial charge in [-0.3, -0.25) is 14.5 Å². The van der Waals surface area contributed by atoms with Crippen molar-refractivity contribution in [3.05, 3.63) is 30.3 Å². The number of hydrogen-bond donors (Lipinski definition) is 2. The van der Waals surface area contributed by atoms with Crippen molar-refractivity contribution in [2.45, 2.75) is 43.9 Å². The van der Waals surface area contributed by atoms with E-state index in [1.807, 2.05) is 30.3 Å². The summed E-state index contributed by atoms with van der Waals surface area (Å²) in [6.07, 6.45) is 4.46. The van der Waals surface area contributed by atoms with Crippen LogP contribution in [0.5, 0.6) is 0 Å². The maximum Gasteiger partial charge on any atom is 0.247 e. The van der Waals surface area contributed by atoms with E-state index in [2.05, 4.69) is 15.6 Å². The third-order valence-electron chi connectivity index (χ3n) is 6.96. The van der Waals surface area contributed by atoms with Gasteiger partial charge >= 0.3 is 0 Å². The van der Waals surface area contributed by atoms with E-state index in [4.69, 9.17) is 9.47 Å². The van der Waals surface area contributed by atoms with Crippen molar-refractivity contribution >= 4 is 17.5 Å². The molecule has 0 aliphatic carbocycles. The van der Waals surface area contributed by atoms with Gasteiger partial charge in [0.05, 0.1) is 35.8 Å². The molecule has 0 aromatic heterocycles. The normalized spacial score (nSPS) is 33.6. The Bertz CT molecular complexity index is 779. The predicted octanol–water partition coefficient (Wildman–Crippen LogP) is 0.929. The fourth-order valence-electron chi connectivity index (χ4n) is 5.33. The molecule has 0 bridgehead atoms. The summed E-state index contributed by atoms with van der Waals surface area (Å²) in [7, 11) is 0. The number of piperidine rings is 1. The average Bonchev–Trinajstić information content (AvgIpc) is 3.55. The molecule has 0 radical (unpaired) electrons. The van der Waals surface area contributed by atoms with Crippen molar-refractivity contribution in [2.24, 2.45) is 11.8 Å². The first-order valence-corrected chi connectivity index (χ1v) is 11.6. The van der Waals surface area contributed by atoms with E-state index in [-0.39, 0.29) is 41.9 Å². The first-order valence-electron chi connectivity index (χ1n) is 11.6. The van der Waals surface area contributed by atoms with Gasteiger partial charge in [0.15, 0.2) is 0 Å². The largest absolute Gasteiger partial charge is 0.377 e. The van der Waals surface area contributed by atoms with Crippen LogP contribution in [0.2, 0.25) is 0 Å². The van der Waals surface area contributed by atoms with Crippen LogP contribution in [0.3, 0.4) is 0 Å². The Morgan fingerprint density at radius 1 is 1.06 bits per heavy atom. The number of fused-ring (bicyclic) bond motifs is 1. The van der Waals surface area contributed by atoms with Crippen LogP contribution in [0.1, 0.15) is 25.7 Å². The van der Waals surface area contributed by atoms with Crippen molar-refractivity contribution in [1.29, 1.82) is 0 Å². The summed E-state index contributed by atoms with van der Waals surface area (Å²) < 4.78 is 11.5. The summed E-state index contributed by atoms with van der Waals surface area (Å²) in [6.45, 7) is 4.16. The Balaban J connectivity index is 1.32. The van der Waals surface area contributed by atoms with Gasteiger partial charge in [0, 0.05) is 39.4 Å². The second kappa shape index (κ2) is 9.24. The molecule has 4 fully saturated rings. The third kappa shape index (κ3) is 4.48. The van der Waals surface area contributed by atoms with Crippen molar-refractivity contribution in [3.8, 4) is 0 Å². The lowest BCUT2D eigenvalue weighted by Crippen LogP contribution is -2.58. The number of hydrazine groups is 1. The maximum atomic E-state index is 13.3. The molecule has 5 rings (SSSR count). The number of nitrogens with zero attached hydrogens (tertiary/aromatic N) is 2. The number of amides is 2. The number of nitrogens with one attached hydrogen (secondary N) is 2. The van der Waals surface area contributed by atoms with Gasteiger partial charge in [0.2, 0.25) is 11.8 Å². The zero-order chi connectivity index (χ0) is 21.2. The lowest BCUT2D eigenvalue weighted by Gasteiger charge is -2.39. The molecule has 31 heavy (non-hydrogen) atoms. The molecule has 5 atom stereocenters. The average molecular weight is 429 g/mol. The van der Waals surface area contributed by atoms with Crippen molar-refractivity contribution < 1.29 is 19.1 Å². The van der Waals surface area contributed by atoms with Crippen molar-refractivity contribution in [1.82, 2.24) is 15.6 Å². The fourth-order valence-corrected chi connectivity index (χ4v) is 5.33. The molecule has 4 aliphatic rings. The molecular weight excluding hydrogens is 396 g/mol. The first-order chi connectivity index (χ1) is 15.2. The second-order valence-electron chi connectivity index (χ2n) is 9.11. The minimum Gasteiger partial charge on any atom is -0.377 e. The van der Waals surface area contributed by atoms with Gasteiger partial charge in [-0.1, -0.05) is 18.2 Å². The number of rotatable bonds is 6. The maximum absolute atomic E-state index is 13.3. The summed E-state index contributed by atoms with van der Waals surface area (Å²) in [5.74, 6) is -0.532. The first kappa shape index (κ1) is 20.9. The Hall–Kier alpha value is -2.00. The Labute approximate surface area is 183 Å². The van der Waals surface area contributed by atoms with Crippen LogP contribution in [-0.2, 0) is 19.1 Å². The number of hydrogen-bond acceptors (Lipinski definition) is 6. The predicted molar refractivity (Wildman–Crippen MR) is 115 cm³/mol. The molecule has 8 heteroatoms. The van der Waals surface area contributed by atoms with Gasteiger partial charge in [0.1, 0.15) is 0 Å². The number of benzene rings is 1. The number of carbonyl (C=O) groups is 2. The zero-order valence-electron chi connectivity index (χ0n) is 17.9. The minimum absolute atomic E-state index is 0.00208. The molecule has 2 amide bonds. The van der Waals surface area contributed by atoms with Crippen LogP contribution in [0.25, 0.3) is 0 Å². The summed E-state index contributed by atoms with van der Waals surface area (Å²) >= 11 is 0. The molecule has 0 spiro atoms. The molecule has 4 heterocycles. The monoisotopic (exact) mass is 428 g/mol. The summed E-state index contributed by atoms with van der Waals surface area (Å²) in [6, 6.07) is 9.39. The van der Waals surface area contributed by atoms with Crippen LogP contribution < -0.4 is 15.8 Å². The second-order valence-corrected chi connectivity index (χ2v) is 9.11. The highest BCUT2D eigenvalue weighted by atomic mass is 16.5. The van der Waals surface area contributed by atoms with Gasteiger partial charge in [-0.15, -0.1) is 0 Å². The minimum atomic E-state index is -0.306. The zero-order valence-corrected chi connectivity index (χ0v) is 17.9. The Morgan fingerprint density at radius 3 is 2.52 bits per heavy atom. The molecular formula is C23H32N4O4. The molecule has 0 saturated carbocycles. The molecule has 168 valence electrons. The highest BCUT2D eigenvalue weighted by molar-refractivity contribution is 5.98. The van der Waals surface area contributed by atoms with Crippen LogP contribution in [0.4, 0.5) is 5.69 Å². The van der Waals surface area contributed by atoms with Crippen LogP contribution in [-0.4, -0.2) is 74.4 Å². The molecule has 2 N–H and O–H groups in total. The van der Waals surface area contributed by atoms with Crippen LogP contribution >= 0.6 is 0 Å². The topological polar surface area (TPSA) is 83.1 Å². The number of carbonyl (C=O) groups excluding carboxylic acids is 2. The van der Waals surface area contributed by atoms with E-state index < -0.39 is 0 Å². The Kier molecular flexibility index (Phi) is 6.22. The Morgan fingerprint density at radius 2 is 1.81 bits per heavy atom. The van der Waals surface area contributed by atoms with Gasteiger partial charge in [-0.05, 0) is 37.8 Å². The molecule has 4 saturated heterocycles. The number of likely N-dealkylation sites (tertiary alicyclic amines) is 1. The molecule has 1 aromatic carbocycles. The van der Waals surface area contributed by atoms with Crippen LogP contribution in [0, 0.1) is 11.8 Å². The van der Waals surface area contributed by atoms with Gasteiger partial charge in [-0.25, -0.2) is 10.4 Å². The summed E-state index contributed by atoms with van der Waals surface area (Å²) in [4.78, 5) is 28.8. The highest BCUT2D eigenvalue weighted by Gasteiger charge is 2.51. The smallest absolute Gasteiger partial charge is 0.247 e. The van der Waals surface area contributed by atoms with E-state index in [1.165, 1.54) is 0 Å². The summed E-state index contributed by atoms with van der Waals surface area (Å²) in [5, 5.41) is 4.73. The summed E-state index contributed by atoms with van der Waals surface area (Å²) in [5.41, 5.74) is 4.18.